The summed E-state index contributed by atoms with van der Waals surface area (Å²) in [4.78, 5) is 11.9. The summed E-state index contributed by atoms with van der Waals surface area (Å²) >= 11 is 0. The molecule has 1 N–H and O–H groups in total. The maximum Gasteiger partial charge on any atom is 0.225 e. The number of fused-ring (bicyclic) bond motifs is 1. The zero-order valence-corrected chi connectivity index (χ0v) is 10.3. The highest BCUT2D eigenvalue weighted by Gasteiger charge is 2.26. The summed E-state index contributed by atoms with van der Waals surface area (Å²) in [6.07, 6.45) is 0.528. The van der Waals surface area contributed by atoms with Crippen molar-refractivity contribution >= 4 is 11.6 Å². The van der Waals surface area contributed by atoms with E-state index in [-0.39, 0.29) is 11.8 Å². The van der Waals surface area contributed by atoms with Crippen molar-refractivity contribution in [2.45, 2.75) is 19.3 Å². The van der Waals surface area contributed by atoms with Crippen LogP contribution in [0.5, 0.6) is 0 Å². The molecule has 1 amide bonds. The van der Waals surface area contributed by atoms with Gasteiger partial charge < -0.3 is 5.32 Å². The van der Waals surface area contributed by atoms with Gasteiger partial charge in [-0.25, -0.2) is 0 Å². The van der Waals surface area contributed by atoms with Gasteiger partial charge in [0.05, 0.1) is 0 Å². The average molecular weight is 237 g/mol. The molecule has 0 saturated heterocycles. The third kappa shape index (κ3) is 1.80. The van der Waals surface area contributed by atoms with E-state index >= 15 is 0 Å². The highest BCUT2D eigenvalue weighted by molar-refractivity contribution is 5.96. The molecule has 0 aliphatic carbocycles. The van der Waals surface area contributed by atoms with Gasteiger partial charge in [-0.1, -0.05) is 48.5 Å². The Kier molecular flexibility index (Phi) is 2.63. The monoisotopic (exact) mass is 237 g/mol. The second kappa shape index (κ2) is 4.30. The highest BCUT2D eigenvalue weighted by Crippen LogP contribution is 2.38. The summed E-state index contributed by atoms with van der Waals surface area (Å²) in [6.45, 7) is 2.03. The number of para-hydroxylation sites is 1. The van der Waals surface area contributed by atoms with Crippen LogP contribution in [0.25, 0.3) is 0 Å². The SMILES string of the molecule is Cc1cccc2c1NC(=O)CC2c1ccccc1. The molecule has 2 heteroatoms. The third-order valence-corrected chi connectivity index (χ3v) is 3.54. The molecule has 2 aromatic carbocycles. The summed E-state index contributed by atoms with van der Waals surface area (Å²) < 4.78 is 0. The van der Waals surface area contributed by atoms with E-state index in [0.717, 1.165) is 11.3 Å². The number of carbonyl (C=O) groups excluding carboxylic acids is 1. The van der Waals surface area contributed by atoms with Crippen molar-refractivity contribution in [2.24, 2.45) is 0 Å². The van der Waals surface area contributed by atoms with Crippen molar-refractivity contribution in [3.63, 3.8) is 0 Å². The lowest BCUT2D eigenvalue weighted by Gasteiger charge is -2.27. The molecule has 2 aromatic rings. The summed E-state index contributed by atoms with van der Waals surface area (Å²) in [5.74, 6) is 0.278. The normalized spacial score (nSPS) is 18.1. The Morgan fingerprint density at radius 2 is 1.83 bits per heavy atom. The summed E-state index contributed by atoms with van der Waals surface area (Å²) in [6, 6.07) is 16.4. The summed E-state index contributed by atoms with van der Waals surface area (Å²) in [5, 5.41) is 2.99. The molecule has 90 valence electrons. The van der Waals surface area contributed by atoms with E-state index in [9.17, 15) is 4.79 Å². The predicted octanol–water partition coefficient (Wildman–Crippen LogP) is 3.47. The van der Waals surface area contributed by atoms with Gasteiger partial charge in [-0.05, 0) is 23.6 Å². The first-order valence-corrected chi connectivity index (χ1v) is 6.20. The Hall–Kier alpha value is -2.09. The smallest absolute Gasteiger partial charge is 0.225 e. The van der Waals surface area contributed by atoms with Gasteiger partial charge in [-0.15, -0.1) is 0 Å². The Morgan fingerprint density at radius 3 is 2.61 bits per heavy atom. The predicted molar refractivity (Wildman–Crippen MR) is 72.7 cm³/mol. The van der Waals surface area contributed by atoms with Crippen LogP contribution in [0.3, 0.4) is 0 Å². The van der Waals surface area contributed by atoms with Gasteiger partial charge in [0, 0.05) is 18.0 Å². The van der Waals surface area contributed by atoms with Crippen LogP contribution in [-0.2, 0) is 4.79 Å². The minimum Gasteiger partial charge on any atom is -0.326 e. The zero-order chi connectivity index (χ0) is 12.5. The number of amides is 1. The van der Waals surface area contributed by atoms with Gasteiger partial charge in [0.25, 0.3) is 0 Å². The van der Waals surface area contributed by atoms with E-state index in [1.807, 2.05) is 31.2 Å². The van der Waals surface area contributed by atoms with Gasteiger partial charge in [-0.2, -0.15) is 0 Å². The molecule has 0 spiro atoms. The van der Waals surface area contributed by atoms with Crippen molar-refractivity contribution in [1.29, 1.82) is 0 Å². The molecule has 0 aromatic heterocycles. The van der Waals surface area contributed by atoms with Crippen LogP contribution in [0.15, 0.2) is 48.5 Å². The first-order valence-electron chi connectivity index (χ1n) is 6.20. The molecule has 1 unspecified atom stereocenters. The van der Waals surface area contributed by atoms with Gasteiger partial charge in [-0.3, -0.25) is 4.79 Å². The number of carbonyl (C=O) groups is 1. The molecule has 0 radical (unpaired) electrons. The highest BCUT2D eigenvalue weighted by atomic mass is 16.1. The quantitative estimate of drug-likeness (QED) is 0.808. The minimum absolute atomic E-state index is 0.102. The molecule has 1 atom stereocenters. The second-order valence-corrected chi connectivity index (χ2v) is 4.75. The van der Waals surface area contributed by atoms with Crippen LogP contribution >= 0.6 is 0 Å². The molecule has 0 saturated carbocycles. The Labute approximate surface area is 107 Å². The standard InChI is InChI=1S/C16H15NO/c1-11-6-5-9-13-14(10-15(18)17-16(11)13)12-7-3-2-4-8-12/h2-9,14H,10H2,1H3,(H,17,18). The van der Waals surface area contributed by atoms with E-state index in [4.69, 9.17) is 0 Å². The van der Waals surface area contributed by atoms with Gasteiger partial charge in [0.15, 0.2) is 0 Å². The molecule has 18 heavy (non-hydrogen) atoms. The van der Waals surface area contributed by atoms with Crippen molar-refractivity contribution in [3.05, 3.63) is 65.2 Å². The van der Waals surface area contributed by atoms with Crippen LogP contribution < -0.4 is 5.32 Å². The fourth-order valence-corrected chi connectivity index (χ4v) is 2.62. The Morgan fingerprint density at radius 1 is 1.06 bits per heavy atom. The van der Waals surface area contributed by atoms with E-state index in [1.54, 1.807) is 0 Å². The molecule has 1 aliphatic rings. The lowest BCUT2D eigenvalue weighted by atomic mass is 9.84. The number of hydrogen-bond acceptors (Lipinski definition) is 1. The molecule has 2 nitrogen and oxygen atoms in total. The second-order valence-electron chi connectivity index (χ2n) is 4.75. The van der Waals surface area contributed by atoms with Crippen LogP contribution in [0.2, 0.25) is 0 Å². The molecular weight excluding hydrogens is 222 g/mol. The first kappa shape index (κ1) is 11.0. The van der Waals surface area contributed by atoms with E-state index in [2.05, 4.69) is 29.6 Å². The molecule has 0 bridgehead atoms. The molecule has 3 rings (SSSR count). The number of anilines is 1. The lowest BCUT2D eigenvalue weighted by Crippen LogP contribution is -2.24. The minimum atomic E-state index is 0.102. The third-order valence-electron chi connectivity index (χ3n) is 3.54. The van der Waals surface area contributed by atoms with Crippen molar-refractivity contribution < 1.29 is 4.79 Å². The topological polar surface area (TPSA) is 29.1 Å². The van der Waals surface area contributed by atoms with Crippen molar-refractivity contribution in [2.75, 3.05) is 5.32 Å². The molecule has 1 aliphatic heterocycles. The number of rotatable bonds is 1. The van der Waals surface area contributed by atoms with Gasteiger partial charge in [0.2, 0.25) is 5.91 Å². The van der Waals surface area contributed by atoms with Crippen molar-refractivity contribution in [3.8, 4) is 0 Å². The lowest BCUT2D eigenvalue weighted by molar-refractivity contribution is -0.116. The van der Waals surface area contributed by atoms with Gasteiger partial charge >= 0.3 is 0 Å². The largest absolute Gasteiger partial charge is 0.326 e. The van der Waals surface area contributed by atoms with E-state index in [1.165, 1.54) is 11.1 Å². The zero-order valence-electron chi connectivity index (χ0n) is 10.3. The number of hydrogen-bond donors (Lipinski definition) is 1. The maximum absolute atomic E-state index is 11.9. The maximum atomic E-state index is 11.9. The van der Waals surface area contributed by atoms with Crippen LogP contribution in [0, 0.1) is 6.92 Å². The van der Waals surface area contributed by atoms with Gasteiger partial charge in [0.1, 0.15) is 0 Å². The van der Waals surface area contributed by atoms with Crippen LogP contribution in [0.4, 0.5) is 5.69 Å². The van der Waals surface area contributed by atoms with Crippen molar-refractivity contribution in [1.82, 2.24) is 0 Å². The first-order chi connectivity index (χ1) is 8.75. The summed E-state index contributed by atoms with van der Waals surface area (Å²) in [7, 11) is 0. The van der Waals surface area contributed by atoms with Crippen LogP contribution in [0.1, 0.15) is 29.0 Å². The number of benzene rings is 2. The number of aryl methyl sites for hydroxylation is 1. The van der Waals surface area contributed by atoms with E-state index in [0.29, 0.717) is 6.42 Å². The summed E-state index contributed by atoms with van der Waals surface area (Å²) in [5.41, 5.74) is 4.55. The fraction of sp³-hybridized carbons (Fsp3) is 0.188. The van der Waals surface area contributed by atoms with E-state index < -0.39 is 0 Å². The average Bonchev–Trinajstić information content (AvgIpc) is 2.40. The molecular formula is C16H15NO. The molecule has 1 heterocycles. The Bertz CT molecular complexity index is 589. The molecule has 0 fully saturated rings. The fourth-order valence-electron chi connectivity index (χ4n) is 2.62. The number of nitrogens with one attached hydrogen (secondary N) is 1. The Balaban J connectivity index is 2.14. The van der Waals surface area contributed by atoms with Crippen LogP contribution in [-0.4, -0.2) is 5.91 Å².